The average molecular weight is 842 g/mol. The Labute approximate surface area is 380 Å². The molecular formula is C62H51NS. The van der Waals surface area contributed by atoms with E-state index in [0.29, 0.717) is 0 Å². The molecular weight excluding hydrogens is 791 g/mol. The van der Waals surface area contributed by atoms with Crippen molar-refractivity contribution in [1.82, 2.24) is 0 Å². The number of rotatable bonds is 6. The summed E-state index contributed by atoms with van der Waals surface area (Å²) >= 11 is 0. The quantitative estimate of drug-likeness (QED) is 0.161. The Bertz CT molecular complexity index is 3350. The molecule has 0 spiro atoms. The molecule has 0 unspecified atom stereocenters. The predicted octanol–water partition coefficient (Wildman–Crippen LogP) is 17.2. The SMILES string of the molecule is CC1(C)c2cc(-c3ccccc3)ccc2-c2ccc(N(c3ccc4c(c3)S(C)(C)c3cc(-c5cccc6c5-c5ccccc5C6(C)C)ccc3-4)c3ccccc3-c3ccccc3)cc21. The van der Waals surface area contributed by atoms with Crippen LogP contribution < -0.4 is 4.90 Å². The van der Waals surface area contributed by atoms with E-state index in [9.17, 15) is 0 Å². The summed E-state index contributed by atoms with van der Waals surface area (Å²) in [7, 11) is -1.39. The number of fused-ring (bicyclic) bond motifs is 9. The number of hydrogen-bond donors (Lipinski definition) is 0. The molecule has 1 heterocycles. The molecule has 0 amide bonds. The van der Waals surface area contributed by atoms with Crippen molar-refractivity contribution in [3.8, 4) is 66.8 Å². The van der Waals surface area contributed by atoms with Gasteiger partial charge in [0.15, 0.2) is 0 Å². The van der Waals surface area contributed by atoms with Crippen LogP contribution in [0.3, 0.4) is 0 Å². The topological polar surface area (TPSA) is 3.24 Å². The smallest absolute Gasteiger partial charge is 0.0540 e. The van der Waals surface area contributed by atoms with Gasteiger partial charge in [0.25, 0.3) is 0 Å². The summed E-state index contributed by atoms with van der Waals surface area (Å²) in [4.78, 5) is 5.42. The largest absolute Gasteiger partial charge is 0.310 e. The zero-order valence-corrected chi connectivity index (χ0v) is 38.2. The van der Waals surface area contributed by atoms with Crippen molar-refractivity contribution < 1.29 is 0 Å². The van der Waals surface area contributed by atoms with Crippen molar-refractivity contribution in [2.24, 2.45) is 0 Å². The Morgan fingerprint density at radius 2 is 0.844 bits per heavy atom. The van der Waals surface area contributed by atoms with Gasteiger partial charge < -0.3 is 4.90 Å². The van der Waals surface area contributed by atoms with Crippen molar-refractivity contribution in [1.29, 1.82) is 0 Å². The molecule has 9 aromatic rings. The van der Waals surface area contributed by atoms with Crippen LogP contribution in [0.4, 0.5) is 17.1 Å². The highest BCUT2D eigenvalue weighted by Crippen LogP contribution is 2.69. The van der Waals surface area contributed by atoms with Gasteiger partial charge in [-0.1, -0.05) is 185 Å². The van der Waals surface area contributed by atoms with Gasteiger partial charge in [0.1, 0.15) is 0 Å². The van der Waals surface area contributed by atoms with Crippen molar-refractivity contribution in [2.45, 2.75) is 48.3 Å². The molecule has 0 bridgehead atoms. The van der Waals surface area contributed by atoms with E-state index < -0.39 is 10.0 Å². The summed E-state index contributed by atoms with van der Waals surface area (Å²) < 4.78 is 0. The average Bonchev–Trinajstić information content (AvgIpc) is 3.81. The summed E-state index contributed by atoms with van der Waals surface area (Å²) in [5.74, 6) is 0. The third-order valence-electron chi connectivity index (χ3n) is 14.8. The monoisotopic (exact) mass is 841 g/mol. The molecule has 0 saturated carbocycles. The van der Waals surface area contributed by atoms with Crippen LogP contribution in [-0.4, -0.2) is 12.5 Å². The lowest BCUT2D eigenvalue weighted by molar-refractivity contribution is 0.660. The second kappa shape index (κ2) is 14.1. The van der Waals surface area contributed by atoms with Gasteiger partial charge >= 0.3 is 0 Å². The van der Waals surface area contributed by atoms with Crippen LogP contribution in [-0.2, 0) is 10.8 Å². The minimum absolute atomic E-state index is 0.0364. The summed E-state index contributed by atoms with van der Waals surface area (Å²) in [6, 6.07) is 75.3. The van der Waals surface area contributed by atoms with E-state index >= 15 is 0 Å². The maximum atomic E-state index is 2.53. The molecule has 2 aliphatic carbocycles. The van der Waals surface area contributed by atoms with Crippen LogP contribution >= 0.6 is 10.0 Å². The molecule has 9 aromatic carbocycles. The lowest BCUT2D eigenvalue weighted by atomic mass is 9.81. The summed E-state index contributed by atoms with van der Waals surface area (Å²) in [5, 5.41) is 0. The fraction of sp³-hybridized carbons (Fsp3) is 0.129. The van der Waals surface area contributed by atoms with E-state index in [0.717, 1.165) is 5.69 Å². The molecule has 0 saturated heterocycles. The van der Waals surface area contributed by atoms with Gasteiger partial charge in [-0.3, -0.25) is 0 Å². The first-order valence-corrected chi connectivity index (χ1v) is 25.0. The summed E-state index contributed by atoms with van der Waals surface area (Å²) in [6.07, 6.45) is 5.00. The molecule has 0 radical (unpaired) electrons. The molecule has 1 aliphatic heterocycles. The Balaban J connectivity index is 0.991. The fourth-order valence-electron chi connectivity index (χ4n) is 11.4. The second-order valence-electron chi connectivity index (χ2n) is 19.3. The zero-order valence-electron chi connectivity index (χ0n) is 37.4. The Morgan fingerprint density at radius 3 is 1.59 bits per heavy atom. The summed E-state index contributed by atoms with van der Waals surface area (Å²) in [6.45, 7) is 9.54. The summed E-state index contributed by atoms with van der Waals surface area (Å²) in [5.41, 5.74) is 24.5. The van der Waals surface area contributed by atoms with E-state index in [1.54, 1.807) is 0 Å². The van der Waals surface area contributed by atoms with Crippen molar-refractivity contribution in [2.75, 3.05) is 17.4 Å². The fourth-order valence-corrected chi connectivity index (χ4v) is 13.9. The minimum Gasteiger partial charge on any atom is -0.310 e. The lowest BCUT2D eigenvalue weighted by Gasteiger charge is -2.32. The van der Waals surface area contributed by atoms with Crippen molar-refractivity contribution in [3.05, 3.63) is 222 Å². The standard InChI is InChI=1S/C62H51NS/c1-61(2)53-25-15-13-23-52(53)60-47(24-17-26-54(60)61)43-29-33-50-51-35-31-45(39-59(51)64(5,6)58(50)37-43)63(57-27-16-14-22-46(57)41-20-11-8-12-21-41)44-30-34-49-48-32-28-42(40-18-9-7-10-19-40)36-55(48)62(3,4)56(49)38-44/h7-39H,1-6H3. The van der Waals surface area contributed by atoms with Crippen LogP contribution in [0.25, 0.3) is 66.8 Å². The van der Waals surface area contributed by atoms with E-state index in [2.05, 4.69) is 245 Å². The first-order valence-electron chi connectivity index (χ1n) is 22.6. The van der Waals surface area contributed by atoms with Crippen LogP contribution in [0, 0.1) is 0 Å². The maximum absolute atomic E-state index is 2.53. The lowest BCUT2D eigenvalue weighted by Crippen LogP contribution is -2.17. The molecule has 12 rings (SSSR count). The first-order chi connectivity index (χ1) is 31.0. The molecule has 1 nitrogen and oxygen atoms in total. The van der Waals surface area contributed by atoms with Gasteiger partial charge in [-0.15, -0.1) is 0 Å². The molecule has 64 heavy (non-hydrogen) atoms. The molecule has 310 valence electrons. The van der Waals surface area contributed by atoms with Crippen molar-refractivity contribution in [3.63, 3.8) is 0 Å². The second-order valence-corrected chi connectivity index (χ2v) is 22.9. The van der Waals surface area contributed by atoms with Gasteiger partial charge in [-0.2, -0.15) is 10.0 Å². The van der Waals surface area contributed by atoms with E-state index in [-0.39, 0.29) is 10.8 Å². The Hall–Kier alpha value is -6.87. The minimum atomic E-state index is -1.39. The molecule has 0 fully saturated rings. The van der Waals surface area contributed by atoms with Gasteiger partial charge in [0.05, 0.1) is 5.69 Å². The molecule has 0 atom stereocenters. The number of para-hydroxylation sites is 1. The maximum Gasteiger partial charge on any atom is 0.0540 e. The van der Waals surface area contributed by atoms with E-state index in [4.69, 9.17) is 0 Å². The van der Waals surface area contributed by atoms with Gasteiger partial charge in [-0.05, 0) is 138 Å². The zero-order chi connectivity index (χ0) is 43.5. The molecule has 0 N–H and O–H groups in total. The highest BCUT2D eigenvalue weighted by atomic mass is 32.3. The van der Waals surface area contributed by atoms with E-state index in [1.165, 1.54) is 110 Å². The first kappa shape index (κ1) is 38.8. The van der Waals surface area contributed by atoms with Gasteiger partial charge in [0.2, 0.25) is 0 Å². The molecule has 2 heteroatoms. The Kier molecular flexibility index (Phi) is 8.52. The number of nitrogens with zero attached hydrogens (tertiary/aromatic N) is 1. The van der Waals surface area contributed by atoms with Crippen LogP contribution in [0.1, 0.15) is 49.9 Å². The number of anilines is 3. The highest BCUT2D eigenvalue weighted by molar-refractivity contribution is 8.33. The normalized spacial score (nSPS) is 15.6. The van der Waals surface area contributed by atoms with E-state index in [1.807, 2.05) is 0 Å². The number of hydrogen-bond acceptors (Lipinski definition) is 1. The number of benzene rings is 9. The van der Waals surface area contributed by atoms with Crippen LogP contribution in [0.5, 0.6) is 0 Å². The molecule has 3 aliphatic rings. The van der Waals surface area contributed by atoms with Gasteiger partial charge in [-0.25, -0.2) is 0 Å². The van der Waals surface area contributed by atoms with Crippen molar-refractivity contribution >= 4 is 27.1 Å². The highest BCUT2D eigenvalue weighted by Gasteiger charge is 2.39. The molecule has 0 aromatic heterocycles. The Morgan fingerprint density at radius 1 is 0.328 bits per heavy atom. The third-order valence-corrected chi connectivity index (χ3v) is 17.6. The third kappa shape index (κ3) is 5.65. The predicted molar refractivity (Wildman–Crippen MR) is 274 cm³/mol. The van der Waals surface area contributed by atoms with Crippen LogP contribution in [0.2, 0.25) is 0 Å². The van der Waals surface area contributed by atoms with Gasteiger partial charge in [0, 0.05) is 37.6 Å². The van der Waals surface area contributed by atoms with Crippen LogP contribution in [0.15, 0.2) is 210 Å².